The van der Waals surface area contributed by atoms with Gasteiger partial charge in [0.2, 0.25) is 0 Å². The molecule has 1 aromatic carbocycles. The second-order valence-electron chi connectivity index (χ2n) is 7.41. The molecule has 0 saturated heterocycles. The first-order valence-electron chi connectivity index (χ1n) is 8.59. The average molecular weight is 340 g/mol. The molecule has 1 aliphatic heterocycles. The molecule has 0 saturated carbocycles. The zero-order chi connectivity index (χ0) is 18.2. The largest absolute Gasteiger partial charge is 0.508 e. The summed E-state index contributed by atoms with van der Waals surface area (Å²) in [4.78, 5) is 11.1. The summed E-state index contributed by atoms with van der Waals surface area (Å²) in [6, 6.07) is 3.67. The summed E-state index contributed by atoms with van der Waals surface area (Å²) < 4.78 is 10.8. The molecule has 1 heterocycles. The molecule has 2 atom stereocenters. The Bertz CT molecular complexity index is 792. The van der Waals surface area contributed by atoms with Gasteiger partial charge in [-0.15, -0.1) is 0 Å². The fourth-order valence-electron chi connectivity index (χ4n) is 3.99. The number of phenols is 1. The molecule has 25 heavy (non-hydrogen) atoms. The molecule has 1 aliphatic carbocycles. The van der Waals surface area contributed by atoms with E-state index >= 15 is 0 Å². The lowest BCUT2D eigenvalue weighted by Gasteiger charge is -2.47. The van der Waals surface area contributed by atoms with E-state index in [9.17, 15) is 9.90 Å². The van der Waals surface area contributed by atoms with E-state index in [4.69, 9.17) is 4.74 Å². The smallest absolute Gasteiger partial charge is 0.384 e. The van der Waals surface area contributed by atoms with Crippen LogP contribution in [-0.2, 0) is 16.0 Å². The molecule has 132 valence electrons. The van der Waals surface area contributed by atoms with Crippen molar-refractivity contribution in [2.75, 3.05) is 7.11 Å². The van der Waals surface area contributed by atoms with Gasteiger partial charge in [-0.3, -0.25) is 0 Å². The van der Waals surface area contributed by atoms with Crippen LogP contribution in [-0.4, -0.2) is 23.8 Å². The Balaban J connectivity index is 1.96. The number of allylic oxidation sites excluding steroid dienone is 2. The Labute approximate surface area is 148 Å². The van der Waals surface area contributed by atoms with E-state index in [0.29, 0.717) is 12.3 Å². The van der Waals surface area contributed by atoms with Crippen LogP contribution < -0.4 is 4.74 Å². The van der Waals surface area contributed by atoms with E-state index in [1.807, 2.05) is 6.07 Å². The van der Waals surface area contributed by atoms with Crippen molar-refractivity contribution in [3.05, 3.63) is 34.9 Å². The maximum absolute atomic E-state index is 11.1. The summed E-state index contributed by atoms with van der Waals surface area (Å²) in [5.41, 5.74) is 2.79. The van der Waals surface area contributed by atoms with Gasteiger partial charge in [-0.05, 0) is 51.3 Å². The average Bonchev–Trinajstić information content (AvgIpc) is 2.53. The zero-order valence-corrected chi connectivity index (χ0v) is 15.2. The van der Waals surface area contributed by atoms with E-state index in [0.717, 1.165) is 29.7 Å². The van der Waals surface area contributed by atoms with E-state index in [1.165, 1.54) is 12.7 Å². The molecule has 0 spiro atoms. The number of fused-ring (bicyclic) bond motifs is 3. The molecule has 0 radical (unpaired) electrons. The van der Waals surface area contributed by atoms with Gasteiger partial charge in [-0.2, -0.15) is 0 Å². The van der Waals surface area contributed by atoms with Crippen molar-refractivity contribution < 1.29 is 19.4 Å². The van der Waals surface area contributed by atoms with Crippen molar-refractivity contribution in [2.24, 2.45) is 5.92 Å². The molecular weight excluding hydrogens is 316 g/mol. The van der Waals surface area contributed by atoms with Crippen LogP contribution in [0.15, 0.2) is 23.8 Å². The Morgan fingerprint density at radius 1 is 1.44 bits per heavy atom. The number of benzene rings is 1. The Kier molecular flexibility index (Phi) is 4.51. The van der Waals surface area contributed by atoms with E-state index in [1.54, 1.807) is 6.07 Å². The number of esters is 1. The highest BCUT2D eigenvalue weighted by atomic mass is 16.5. The van der Waals surface area contributed by atoms with Crippen LogP contribution in [0, 0.1) is 17.8 Å². The molecular formula is C21H24O4. The molecule has 1 aromatic rings. The maximum Gasteiger partial charge on any atom is 0.384 e. The second kappa shape index (κ2) is 6.48. The van der Waals surface area contributed by atoms with Gasteiger partial charge < -0.3 is 14.6 Å². The van der Waals surface area contributed by atoms with Gasteiger partial charge in [0.05, 0.1) is 7.11 Å². The van der Waals surface area contributed by atoms with E-state index in [-0.39, 0.29) is 17.3 Å². The molecule has 4 nitrogen and oxygen atoms in total. The van der Waals surface area contributed by atoms with Gasteiger partial charge in [-0.25, -0.2) is 4.79 Å². The topological polar surface area (TPSA) is 55.8 Å². The number of aromatic hydroxyl groups is 1. The van der Waals surface area contributed by atoms with Crippen molar-refractivity contribution in [1.29, 1.82) is 0 Å². The Hall–Kier alpha value is -2.41. The fourth-order valence-corrected chi connectivity index (χ4v) is 3.99. The van der Waals surface area contributed by atoms with Gasteiger partial charge in [0.25, 0.3) is 0 Å². The third-order valence-electron chi connectivity index (χ3n) is 5.23. The standard InChI is InChI=1S/C21H24O4/c1-13-8-9-16-15(10-13)20-17(22)11-14(6-5-7-19(23)24-4)12-18(20)25-21(16,2)3/h8,11-12,15-16,22H,6,9-10H2,1-4H3. The third-order valence-corrected chi connectivity index (χ3v) is 5.23. The molecule has 0 bridgehead atoms. The summed E-state index contributed by atoms with van der Waals surface area (Å²) in [7, 11) is 1.30. The Morgan fingerprint density at radius 2 is 2.20 bits per heavy atom. The van der Waals surface area contributed by atoms with Crippen molar-refractivity contribution in [1.82, 2.24) is 0 Å². The van der Waals surface area contributed by atoms with Gasteiger partial charge in [0.15, 0.2) is 0 Å². The summed E-state index contributed by atoms with van der Waals surface area (Å²) in [6.45, 7) is 6.37. The lowest BCUT2D eigenvalue weighted by atomic mass is 9.67. The molecule has 4 heteroatoms. The van der Waals surface area contributed by atoms with E-state index in [2.05, 4.69) is 43.4 Å². The summed E-state index contributed by atoms with van der Waals surface area (Å²) in [6.07, 6.45) is 4.55. The van der Waals surface area contributed by atoms with Gasteiger partial charge >= 0.3 is 5.97 Å². The summed E-state index contributed by atoms with van der Waals surface area (Å²) in [5.74, 6) is 6.21. The minimum absolute atomic E-state index is 0.257. The van der Waals surface area contributed by atoms with Crippen LogP contribution in [0.5, 0.6) is 11.5 Å². The SMILES string of the molecule is COC(=O)C#CCc1cc(O)c2c(c1)OC(C)(C)C1CC=C(C)CC21. The van der Waals surface area contributed by atoms with Crippen LogP contribution in [0.1, 0.15) is 50.7 Å². The van der Waals surface area contributed by atoms with Crippen LogP contribution in [0.25, 0.3) is 0 Å². The summed E-state index contributed by atoms with van der Waals surface area (Å²) >= 11 is 0. The number of methoxy groups -OCH3 is 1. The quantitative estimate of drug-likeness (QED) is 0.366. The third kappa shape index (κ3) is 3.37. The van der Waals surface area contributed by atoms with Gasteiger partial charge in [0, 0.05) is 29.7 Å². The second-order valence-corrected chi connectivity index (χ2v) is 7.41. The summed E-state index contributed by atoms with van der Waals surface area (Å²) in [5, 5.41) is 10.6. The first-order valence-corrected chi connectivity index (χ1v) is 8.59. The molecule has 3 rings (SSSR count). The minimum atomic E-state index is -0.563. The number of carbonyl (C=O) groups is 1. The predicted molar refractivity (Wildman–Crippen MR) is 95.5 cm³/mol. The lowest BCUT2D eigenvalue weighted by Crippen LogP contribution is -2.45. The number of rotatable bonds is 1. The van der Waals surface area contributed by atoms with Crippen LogP contribution in [0.2, 0.25) is 0 Å². The highest BCUT2D eigenvalue weighted by Gasteiger charge is 2.45. The monoisotopic (exact) mass is 340 g/mol. The van der Waals surface area contributed by atoms with Crippen LogP contribution in [0.3, 0.4) is 0 Å². The minimum Gasteiger partial charge on any atom is -0.508 e. The highest BCUT2D eigenvalue weighted by molar-refractivity contribution is 5.88. The fraction of sp³-hybridized carbons (Fsp3) is 0.476. The Morgan fingerprint density at radius 3 is 2.92 bits per heavy atom. The van der Waals surface area contributed by atoms with Crippen molar-refractivity contribution in [3.8, 4) is 23.3 Å². The molecule has 2 aliphatic rings. The highest BCUT2D eigenvalue weighted by Crippen LogP contribution is 2.54. The van der Waals surface area contributed by atoms with E-state index < -0.39 is 5.97 Å². The van der Waals surface area contributed by atoms with Gasteiger partial charge in [-0.1, -0.05) is 17.6 Å². The zero-order valence-electron chi connectivity index (χ0n) is 15.2. The maximum atomic E-state index is 11.1. The number of carbonyl (C=O) groups excluding carboxylic acids is 1. The number of hydrogen-bond acceptors (Lipinski definition) is 4. The van der Waals surface area contributed by atoms with Crippen LogP contribution >= 0.6 is 0 Å². The molecule has 0 aromatic heterocycles. The molecule has 1 N–H and O–H groups in total. The number of phenolic OH excluding ortho intramolecular Hbond substituents is 1. The molecule has 0 amide bonds. The van der Waals surface area contributed by atoms with Crippen LogP contribution in [0.4, 0.5) is 0 Å². The number of ether oxygens (including phenoxy) is 2. The first-order chi connectivity index (χ1) is 11.8. The van der Waals surface area contributed by atoms with Crippen molar-refractivity contribution in [2.45, 2.75) is 51.6 Å². The normalized spacial score (nSPS) is 23.1. The first kappa shape index (κ1) is 17.4. The predicted octanol–water partition coefficient (Wildman–Crippen LogP) is 3.72. The van der Waals surface area contributed by atoms with Crippen molar-refractivity contribution >= 4 is 5.97 Å². The van der Waals surface area contributed by atoms with Crippen molar-refractivity contribution in [3.63, 3.8) is 0 Å². The lowest BCUT2D eigenvalue weighted by molar-refractivity contribution is -0.133. The molecule has 2 unspecified atom stereocenters. The number of hydrogen-bond donors (Lipinski definition) is 1. The van der Waals surface area contributed by atoms with Gasteiger partial charge in [0.1, 0.15) is 17.1 Å². The molecule has 0 fully saturated rings.